The Bertz CT molecular complexity index is 628. The molecule has 2 fully saturated rings. The molecule has 2 heterocycles. The normalized spacial score (nSPS) is 29.6. The molecule has 2 aliphatic rings. The van der Waals surface area contributed by atoms with Crippen LogP contribution >= 0.6 is 0 Å². The zero-order chi connectivity index (χ0) is 17.1. The maximum absolute atomic E-state index is 12.2. The van der Waals surface area contributed by atoms with E-state index >= 15 is 0 Å². The van der Waals surface area contributed by atoms with Gasteiger partial charge in [0.1, 0.15) is 12.0 Å². The van der Waals surface area contributed by atoms with E-state index in [0.29, 0.717) is 12.5 Å². The minimum Gasteiger partial charge on any atom is -0.469 e. The lowest BCUT2D eigenvalue weighted by Crippen LogP contribution is -2.53. The number of nitrogens with zero attached hydrogens (tertiary/aromatic N) is 1. The van der Waals surface area contributed by atoms with Crippen LogP contribution in [0.25, 0.3) is 6.08 Å². The predicted octanol–water partition coefficient (Wildman–Crippen LogP) is 2.27. The molecule has 5 nitrogen and oxygen atoms in total. The average molecular weight is 329 g/mol. The standard InChI is InChI=1S/C19H23NO4/c1-20-14-9-10-15(20)18(19(22)23-2)16(12-14)24-17(21)11-8-13-6-4-3-5-7-13/h3-8,11,14-16,18H,9-10,12H2,1-2H3/b11-8+/t14-,15+,16-,18+/m0/s1. The lowest BCUT2D eigenvalue weighted by Gasteiger charge is -2.40. The summed E-state index contributed by atoms with van der Waals surface area (Å²) < 4.78 is 10.6. The Hall–Kier alpha value is -2.14. The van der Waals surface area contributed by atoms with Gasteiger partial charge in [0.25, 0.3) is 0 Å². The fraction of sp³-hybridized carbons (Fsp3) is 0.474. The molecule has 0 spiro atoms. The maximum atomic E-state index is 12.2. The number of hydrogen-bond donors (Lipinski definition) is 0. The quantitative estimate of drug-likeness (QED) is 0.626. The van der Waals surface area contributed by atoms with Crippen LogP contribution in [0.15, 0.2) is 36.4 Å². The summed E-state index contributed by atoms with van der Waals surface area (Å²) >= 11 is 0. The second-order valence-corrected chi connectivity index (χ2v) is 6.47. The third-order valence-electron chi connectivity index (χ3n) is 5.17. The first kappa shape index (κ1) is 16.7. The van der Waals surface area contributed by atoms with Crippen molar-refractivity contribution >= 4 is 18.0 Å². The van der Waals surface area contributed by atoms with Gasteiger partial charge in [0.2, 0.25) is 0 Å². The molecular weight excluding hydrogens is 306 g/mol. The van der Waals surface area contributed by atoms with Crippen molar-refractivity contribution < 1.29 is 19.1 Å². The average Bonchev–Trinajstić information content (AvgIpc) is 2.83. The van der Waals surface area contributed by atoms with Gasteiger partial charge in [-0.2, -0.15) is 0 Å². The SMILES string of the molecule is COC(=O)[C@H]1[C@@H](OC(=O)/C=C/c2ccccc2)C[C@@H]2CC[C@H]1N2C. The fourth-order valence-corrected chi connectivity index (χ4v) is 3.90. The molecule has 0 unspecified atom stereocenters. The van der Waals surface area contributed by atoms with Gasteiger partial charge in [0, 0.05) is 24.6 Å². The minimum atomic E-state index is -0.418. The topological polar surface area (TPSA) is 55.8 Å². The van der Waals surface area contributed by atoms with Crippen LogP contribution in [0.4, 0.5) is 0 Å². The number of rotatable bonds is 4. The molecule has 4 atom stereocenters. The van der Waals surface area contributed by atoms with Crippen molar-refractivity contribution in [3.05, 3.63) is 42.0 Å². The van der Waals surface area contributed by atoms with Crippen LogP contribution in [0.5, 0.6) is 0 Å². The second-order valence-electron chi connectivity index (χ2n) is 6.47. The monoisotopic (exact) mass is 329 g/mol. The Kier molecular flexibility index (Phi) is 5.00. The van der Waals surface area contributed by atoms with E-state index in [9.17, 15) is 9.59 Å². The Labute approximate surface area is 142 Å². The molecule has 2 saturated heterocycles. The van der Waals surface area contributed by atoms with Crippen molar-refractivity contribution in [3.8, 4) is 0 Å². The van der Waals surface area contributed by atoms with E-state index in [0.717, 1.165) is 18.4 Å². The van der Waals surface area contributed by atoms with Gasteiger partial charge in [0.15, 0.2) is 0 Å². The third-order valence-corrected chi connectivity index (χ3v) is 5.17. The Morgan fingerprint density at radius 3 is 2.67 bits per heavy atom. The van der Waals surface area contributed by atoms with Crippen LogP contribution in [-0.4, -0.2) is 49.2 Å². The molecule has 1 aromatic carbocycles. The number of carbonyl (C=O) groups excluding carboxylic acids is 2. The van der Waals surface area contributed by atoms with Gasteiger partial charge < -0.3 is 9.47 Å². The second kappa shape index (κ2) is 7.18. The summed E-state index contributed by atoms with van der Waals surface area (Å²) in [6.45, 7) is 0. The first-order valence-corrected chi connectivity index (χ1v) is 8.33. The maximum Gasteiger partial charge on any atom is 0.331 e. The van der Waals surface area contributed by atoms with E-state index in [1.807, 2.05) is 37.4 Å². The van der Waals surface area contributed by atoms with E-state index in [4.69, 9.17) is 9.47 Å². The highest BCUT2D eigenvalue weighted by atomic mass is 16.6. The van der Waals surface area contributed by atoms with E-state index in [1.54, 1.807) is 6.08 Å². The van der Waals surface area contributed by atoms with Crippen LogP contribution < -0.4 is 0 Å². The van der Waals surface area contributed by atoms with Gasteiger partial charge in [-0.3, -0.25) is 9.69 Å². The summed E-state index contributed by atoms with van der Waals surface area (Å²) in [5, 5.41) is 0. The summed E-state index contributed by atoms with van der Waals surface area (Å²) in [6, 6.07) is 10.0. The van der Waals surface area contributed by atoms with E-state index < -0.39 is 18.0 Å². The molecule has 2 aliphatic heterocycles. The highest BCUT2D eigenvalue weighted by Crippen LogP contribution is 2.40. The van der Waals surface area contributed by atoms with E-state index in [1.165, 1.54) is 13.2 Å². The molecule has 0 aromatic heterocycles. The highest BCUT2D eigenvalue weighted by Gasteiger charge is 2.50. The molecule has 0 saturated carbocycles. The number of methoxy groups -OCH3 is 1. The molecular formula is C19H23NO4. The van der Waals surface area contributed by atoms with Crippen LogP contribution in [0.1, 0.15) is 24.8 Å². The molecule has 0 radical (unpaired) electrons. The molecule has 3 rings (SSSR count). The molecule has 128 valence electrons. The number of fused-ring (bicyclic) bond motifs is 2. The summed E-state index contributed by atoms with van der Waals surface area (Å²) in [4.78, 5) is 26.6. The van der Waals surface area contributed by atoms with Gasteiger partial charge in [-0.25, -0.2) is 4.79 Å². The smallest absolute Gasteiger partial charge is 0.331 e. The van der Waals surface area contributed by atoms with Crippen molar-refractivity contribution in [2.75, 3.05) is 14.2 Å². The summed E-state index contributed by atoms with van der Waals surface area (Å²) in [5.41, 5.74) is 0.933. The summed E-state index contributed by atoms with van der Waals surface area (Å²) in [6.07, 6.45) is 5.37. The van der Waals surface area contributed by atoms with Gasteiger partial charge in [-0.05, 0) is 31.5 Å². The first-order chi connectivity index (χ1) is 11.6. The van der Waals surface area contributed by atoms with Crippen molar-refractivity contribution in [1.82, 2.24) is 4.90 Å². The number of ether oxygens (including phenoxy) is 2. The predicted molar refractivity (Wildman–Crippen MR) is 90.1 cm³/mol. The summed E-state index contributed by atoms with van der Waals surface area (Å²) in [7, 11) is 3.42. The number of hydrogen-bond acceptors (Lipinski definition) is 5. The Morgan fingerprint density at radius 2 is 1.96 bits per heavy atom. The zero-order valence-electron chi connectivity index (χ0n) is 14.1. The van der Waals surface area contributed by atoms with Crippen molar-refractivity contribution in [3.63, 3.8) is 0 Å². The van der Waals surface area contributed by atoms with Crippen molar-refractivity contribution in [2.45, 2.75) is 37.5 Å². The third kappa shape index (κ3) is 3.36. The summed E-state index contributed by atoms with van der Waals surface area (Å²) in [5.74, 6) is -1.12. The molecule has 0 amide bonds. The number of piperidine rings is 1. The molecule has 0 aliphatic carbocycles. The number of esters is 2. The van der Waals surface area contributed by atoms with Crippen LogP contribution in [0.3, 0.4) is 0 Å². The van der Waals surface area contributed by atoms with Gasteiger partial charge >= 0.3 is 11.9 Å². The van der Waals surface area contributed by atoms with Crippen molar-refractivity contribution in [2.24, 2.45) is 5.92 Å². The lowest BCUT2D eigenvalue weighted by molar-refractivity contribution is -0.165. The molecule has 5 heteroatoms. The molecule has 0 N–H and O–H groups in total. The lowest BCUT2D eigenvalue weighted by atomic mass is 9.87. The molecule has 2 bridgehead atoms. The van der Waals surface area contributed by atoms with Gasteiger partial charge in [-0.15, -0.1) is 0 Å². The minimum absolute atomic E-state index is 0.0899. The number of carbonyl (C=O) groups is 2. The first-order valence-electron chi connectivity index (χ1n) is 8.33. The number of benzene rings is 1. The Balaban J connectivity index is 1.69. The van der Waals surface area contributed by atoms with Crippen molar-refractivity contribution in [1.29, 1.82) is 0 Å². The van der Waals surface area contributed by atoms with Crippen LogP contribution in [-0.2, 0) is 19.1 Å². The largest absolute Gasteiger partial charge is 0.469 e. The zero-order valence-corrected chi connectivity index (χ0v) is 14.1. The van der Waals surface area contributed by atoms with E-state index in [-0.39, 0.29) is 12.0 Å². The van der Waals surface area contributed by atoms with Gasteiger partial charge in [0.05, 0.1) is 7.11 Å². The van der Waals surface area contributed by atoms with Gasteiger partial charge in [-0.1, -0.05) is 30.3 Å². The highest BCUT2D eigenvalue weighted by molar-refractivity contribution is 5.87. The Morgan fingerprint density at radius 1 is 1.21 bits per heavy atom. The van der Waals surface area contributed by atoms with Crippen LogP contribution in [0, 0.1) is 5.92 Å². The van der Waals surface area contributed by atoms with Crippen LogP contribution in [0.2, 0.25) is 0 Å². The molecule has 24 heavy (non-hydrogen) atoms. The fourth-order valence-electron chi connectivity index (χ4n) is 3.90. The van der Waals surface area contributed by atoms with E-state index in [2.05, 4.69) is 4.90 Å². The molecule has 1 aromatic rings.